The summed E-state index contributed by atoms with van der Waals surface area (Å²) >= 11 is 0. The Hall–Kier alpha value is -0.500. The molecule has 0 unspecified atom stereocenters. The van der Waals surface area contributed by atoms with Crippen LogP contribution < -0.4 is 0 Å². The van der Waals surface area contributed by atoms with Crippen molar-refractivity contribution in [2.75, 3.05) is 0 Å². The van der Waals surface area contributed by atoms with Crippen LogP contribution in [0.1, 0.15) is 0 Å². The molecule has 0 saturated heterocycles. The van der Waals surface area contributed by atoms with Gasteiger partial charge in [-0.2, -0.15) is 26.3 Å². The second-order valence-electron chi connectivity index (χ2n) is 1.97. The molecule has 0 aliphatic heterocycles. The van der Waals surface area contributed by atoms with Gasteiger partial charge in [-0.25, -0.2) is 0 Å². The molecular weight excluding hydrogens is 194 g/mol. The molecule has 0 spiro atoms. The van der Waals surface area contributed by atoms with Gasteiger partial charge in [-0.1, -0.05) is 0 Å². The van der Waals surface area contributed by atoms with E-state index in [1.807, 2.05) is 0 Å². The molecule has 0 radical (unpaired) electrons. The quantitative estimate of drug-likeness (QED) is 0.488. The summed E-state index contributed by atoms with van der Waals surface area (Å²) in [4.78, 5) is 0. The average molecular weight is 198 g/mol. The number of hydrogen-bond donors (Lipinski definition) is 2. The molecule has 0 atom stereocenters. The summed E-state index contributed by atoms with van der Waals surface area (Å²) in [5, 5.41) is 15.6. The monoisotopic (exact) mass is 198 g/mol. The maximum Gasteiger partial charge on any atom is 0.405 e. The first-order chi connectivity index (χ1) is 5.07. The second-order valence-corrected chi connectivity index (χ2v) is 1.97. The Kier molecular flexibility index (Phi) is 2.97. The molecule has 0 aromatic heterocycles. The third-order valence-corrected chi connectivity index (χ3v) is 1.00. The summed E-state index contributed by atoms with van der Waals surface area (Å²) in [6, 6.07) is 0. The molecule has 8 heteroatoms. The normalized spacial score (nSPS) is 14.5. The van der Waals surface area contributed by atoms with Crippen molar-refractivity contribution in [3.63, 3.8) is 0 Å². The van der Waals surface area contributed by atoms with E-state index >= 15 is 0 Å². The largest absolute Gasteiger partial charge is 0.405 e. The first-order valence-corrected chi connectivity index (χ1v) is 2.56. The smallest absolute Gasteiger partial charge is 0.367 e. The van der Waals surface area contributed by atoms with Crippen molar-refractivity contribution in [2.24, 2.45) is 5.92 Å². The topological polar surface area (TPSA) is 40.5 Å². The summed E-state index contributed by atoms with van der Waals surface area (Å²) in [6.07, 6.45) is -14.9. The van der Waals surface area contributed by atoms with E-state index in [0.717, 1.165) is 0 Å². The van der Waals surface area contributed by atoms with Crippen LogP contribution in [-0.2, 0) is 0 Å². The molecule has 2 nitrogen and oxygen atoms in total. The van der Waals surface area contributed by atoms with Gasteiger partial charge < -0.3 is 10.2 Å². The molecule has 0 aliphatic carbocycles. The molecule has 0 saturated carbocycles. The van der Waals surface area contributed by atoms with E-state index in [-0.39, 0.29) is 0 Å². The van der Waals surface area contributed by atoms with Crippen LogP contribution in [-0.4, -0.2) is 28.9 Å². The molecule has 0 bridgehead atoms. The van der Waals surface area contributed by atoms with E-state index < -0.39 is 24.6 Å². The lowest BCUT2D eigenvalue weighted by molar-refractivity contribution is -0.333. The molecule has 0 aliphatic rings. The van der Waals surface area contributed by atoms with Crippen molar-refractivity contribution in [3.05, 3.63) is 0 Å². The molecule has 12 heavy (non-hydrogen) atoms. The predicted molar refractivity (Wildman–Crippen MR) is 23.8 cm³/mol. The number of aliphatic hydroxyl groups is 2. The van der Waals surface area contributed by atoms with Crippen molar-refractivity contribution < 1.29 is 36.6 Å². The van der Waals surface area contributed by atoms with E-state index in [9.17, 15) is 26.3 Å². The van der Waals surface area contributed by atoms with Gasteiger partial charge in [0.25, 0.3) is 0 Å². The molecule has 2 N–H and O–H groups in total. The third-order valence-electron chi connectivity index (χ3n) is 1.00. The first-order valence-electron chi connectivity index (χ1n) is 2.56. The van der Waals surface area contributed by atoms with Crippen LogP contribution in [0.15, 0.2) is 0 Å². The number of aliphatic hydroxyl groups excluding tert-OH is 1. The van der Waals surface area contributed by atoms with Crippen LogP contribution in [0.2, 0.25) is 0 Å². The fourth-order valence-electron chi connectivity index (χ4n) is 0.524. The Labute approximate surface area is 62.4 Å². The Morgan fingerprint density at radius 2 is 1.00 bits per heavy atom. The molecule has 0 fully saturated rings. The Bertz CT molecular complexity index is 133. The fourth-order valence-corrected chi connectivity index (χ4v) is 0.524. The van der Waals surface area contributed by atoms with Crippen LogP contribution in [0.5, 0.6) is 0 Å². The number of halogens is 6. The highest BCUT2D eigenvalue weighted by molar-refractivity contribution is 4.76. The number of rotatable bonds is 1. The van der Waals surface area contributed by atoms with Gasteiger partial charge in [0.05, 0.1) is 0 Å². The van der Waals surface area contributed by atoms with E-state index in [4.69, 9.17) is 10.2 Å². The summed E-state index contributed by atoms with van der Waals surface area (Å²) < 4.78 is 68.6. The fraction of sp³-hybridized carbons (Fsp3) is 1.00. The minimum Gasteiger partial charge on any atom is -0.367 e. The van der Waals surface area contributed by atoms with Crippen molar-refractivity contribution in [3.8, 4) is 0 Å². The SMILES string of the molecule is OC(O)C(C(F)(F)F)C(F)(F)F. The highest BCUT2D eigenvalue weighted by atomic mass is 19.4. The van der Waals surface area contributed by atoms with Gasteiger partial charge in [0.15, 0.2) is 6.29 Å². The Morgan fingerprint density at radius 1 is 0.750 bits per heavy atom. The van der Waals surface area contributed by atoms with Gasteiger partial charge in [-0.15, -0.1) is 0 Å². The van der Waals surface area contributed by atoms with Crippen molar-refractivity contribution >= 4 is 0 Å². The van der Waals surface area contributed by atoms with E-state index in [2.05, 4.69) is 0 Å². The molecule has 0 aromatic rings. The molecular formula is C4H4F6O2. The van der Waals surface area contributed by atoms with E-state index in [1.165, 1.54) is 0 Å². The predicted octanol–water partition coefficient (Wildman–Crippen LogP) is 1.04. The van der Waals surface area contributed by atoms with Crippen molar-refractivity contribution in [2.45, 2.75) is 18.6 Å². The lowest BCUT2D eigenvalue weighted by Gasteiger charge is -2.23. The minimum atomic E-state index is -5.70. The minimum absolute atomic E-state index is 3.48. The highest BCUT2D eigenvalue weighted by Crippen LogP contribution is 2.40. The van der Waals surface area contributed by atoms with Gasteiger partial charge in [0.2, 0.25) is 5.92 Å². The molecule has 74 valence electrons. The van der Waals surface area contributed by atoms with Crippen LogP contribution in [0.3, 0.4) is 0 Å². The van der Waals surface area contributed by atoms with E-state index in [0.29, 0.717) is 0 Å². The zero-order chi connectivity index (χ0) is 10.2. The van der Waals surface area contributed by atoms with Gasteiger partial charge in [0, 0.05) is 0 Å². The molecule has 0 aromatic carbocycles. The lowest BCUT2D eigenvalue weighted by atomic mass is 10.1. The molecule has 0 rings (SSSR count). The second kappa shape index (κ2) is 3.09. The average Bonchev–Trinajstić information content (AvgIpc) is 1.49. The maximum absolute atomic E-state index is 11.4. The van der Waals surface area contributed by atoms with Crippen LogP contribution in [0, 0.1) is 5.92 Å². The molecule has 0 amide bonds. The van der Waals surface area contributed by atoms with Crippen LogP contribution in [0.25, 0.3) is 0 Å². The van der Waals surface area contributed by atoms with Gasteiger partial charge in [-0.05, 0) is 0 Å². The zero-order valence-electron chi connectivity index (χ0n) is 5.32. The van der Waals surface area contributed by atoms with Gasteiger partial charge >= 0.3 is 12.4 Å². The Morgan fingerprint density at radius 3 is 1.00 bits per heavy atom. The van der Waals surface area contributed by atoms with E-state index in [1.54, 1.807) is 0 Å². The summed E-state index contributed by atoms with van der Waals surface area (Å²) in [6.45, 7) is 0. The summed E-state index contributed by atoms with van der Waals surface area (Å²) in [5.74, 6) is -4.11. The third kappa shape index (κ3) is 2.86. The standard InChI is InChI=1S/C4H4F6O2/c5-3(6,7)1(2(11)12)4(8,9)10/h1-2,11-12H. The van der Waals surface area contributed by atoms with Crippen LogP contribution >= 0.6 is 0 Å². The van der Waals surface area contributed by atoms with Crippen molar-refractivity contribution in [1.29, 1.82) is 0 Å². The highest BCUT2D eigenvalue weighted by Gasteiger charge is 2.60. The zero-order valence-corrected chi connectivity index (χ0v) is 5.32. The van der Waals surface area contributed by atoms with Crippen molar-refractivity contribution in [1.82, 2.24) is 0 Å². The number of alkyl halides is 6. The molecule has 0 heterocycles. The van der Waals surface area contributed by atoms with Gasteiger partial charge in [-0.3, -0.25) is 0 Å². The summed E-state index contributed by atoms with van der Waals surface area (Å²) in [5.41, 5.74) is 0. The van der Waals surface area contributed by atoms with Crippen LogP contribution in [0.4, 0.5) is 26.3 Å². The number of hydrogen-bond acceptors (Lipinski definition) is 2. The van der Waals surface area contributed by atoms with Gasteiger partial charge in [0.1, 0.15) is 0 Å². The lowest BCUT2D eigenvalue weighted by Crippen LogP contribution is -2.44. The maximum atomic E-state index is 11.4. The Balaban J connectivity index is 4.70. The first kappa shape index (κ1) is 11.5. The summed E-state index contributed by atoms with van der Waals surface area (Å²) in [7, 11) is 0.